The first kappa shape index (κ1) is 18.7. The van der Waals surface area contributed by atoms with Crippen molar-refractivity contribution in [2.45, 2.75) is 6.18 Å². The molecule has 3 rings (SSSR count). The molecule has 0 bridgehead atoms. The Kier molecular flexibility index (Phi) is 4.94. The van der Waals surface area contributed by atoms with Crippen LogP contribution in [0.3, 0.4) is 0 Å². The summed E-state index contributed by atoms with van der Waals surface area (Å²) in [5, 5.41) is 0.230. The van der Waals surface area contributed by atoms with E-state index < -0.39 is 12.0 Å². The van der Waals surface area contributed by atoms with E-state index in [0.717, 1.165) is 0 Å². The molecule has 0 atom stereocenters. The van der Waals surface area contributed by atoms with Crippen molar-refractivity contribution in [1.82, 2.24) is 9.97 Å². The minimum absolute atomic E-state index is 0.00657. The molecule has 0 aliphatic carbocycles. The Morgan fingerprint density at radius 1 is 0.880 bits per heavy atom. The fourth-order valence-corrected chi connectivity index (χ4v) is 2.94. The highest BCUT2D eigenvalue weighted by molar-refractivity contribution is 6.44. The number of aromatic amines is 1. The third-order valence-corrected chi connectivity index (χ3v) is 4.87. The molecule has 0 saturated heterocycles. The maximum absolute atomic E-state index is 12.9. The predicted molar refractivity (Wildman–Crippen MR) is 92.7 cm³/mol. The van der Waals surface area contributed by atoms with E-state index in [1.807, 2.05) is 0 Å². The summed E-state index contributed by atoms with van der Waals surface area (Å²) in [5.41, 5.74) is -0.170. The zero-order valence-electron chi connectivity index (χ0n) is 11.6. The van der Waals surface area contributed by atoms with Crippen LogP contribution in [0.15, 0.2) is 18.2 Å². The molecule has 0 aliphatic rings. The highest BCUT2D eigenvalue weighted by Gasteiger charge is 2.35. The third-order valence-electron chi connectivity index (χ3n) is 3.08. The maximum Gasteiger partial charge on any atom is 0.449 e. The molecular formula is C14H4Cl5F3N2O. The Balaban J connectivity index is 2.20. The summed E-state index contributed by atoms with van der Waals surface area (Å²) in [7, 11) is 0. The van der Waals surface area contributed by atoms with E-state index in [-0.39, 0.29) is 47.6 Å². The van der Waals surface area contributed by atoms with E-state index in [1.165, 1.54) is 18.2 Å². The Morgan fingerprint density at radius 2 is 1.52 bits per heavy atom. The van der Waals surface area contributed by atoms with Crippen LogP contribution in [0.25, 0.3) is 11.0 Å². The molecule has 1 N–H and O–H groups in total. The van der Waals surface area contributed by atoms with E-state index >= 15 is 0 Å². The number of rotatable bonds is 2. The van der Waals surface area contributed by atoms with Gasteiger partial charge in [0.1, 0.15) is 16.3 Å². The van der Waals surface area contributed by atoms with Crippen LogP contribution >= 0.6 is 58.0 Å². The molecule has 1 aromatic heterocycles. The number of fused-ring (bicyclic) bond motifs is 1. The lowest BCUT2D eigenvalue weighted by Crippen LogP contribution is -2.06. The van der Waals surface area contributed by atoms with Gasteiger partial charge in [0.2, 0.25) is 5.82 Å². The summed E-state index contributed by atoms with van der Waals surface area (Å²) in [6.07, 6.45) is -4.68. The van der Waals surface area contributed by atoms with Gasteiger partial charge in [0.05, 0.1) is 25.6 Å². The number of nitrogens with zero attached hydrogens (tertiary/aromatic N) is 1. The number of aromatic nitrogens is 2. The Labute approximate surface area is 163 Å². The van der Waals surface area contributed by atoms with Crippen molar-refractivity contribution in [3.63, 3.8) is 0 Å². The predicted octanol–water partition coefficient (Wildman–Crippen LogP) is 7.64. The molecule has 0 fully saturated rings. The molecular weight excluding hydrogens is 446 g/mol. The van der Waals surface area contributed by atoms with Crippen molar-refractivity contribution in [3.05, 3.63) is 49.1 Å². The van der Waals surface area contributed by atoms with Gasteiger partial charge in [-0.05, 0) is 12.1 Å². The quantitative estimate of drug-likeness (QED) is 0.408. The first-order chi connectivity index (χ1) is 11.6. The fraction of sp³-hybridized carbons (Fsp3) is 0.0714. The lowest BCUT2D eigenvalue weighted by molar-refractivity contribution is -0.144. The number of ether oxygens (including phenoxy) is 1. The molecule has 3 nitrogen and oxygen atoms in total. The normalized spacial score (nSPS) is 12.0. The molecule has 0 aliphatic heterocycles. The number of hydrogen-bond donors (Lipinski definition) is 1. The first-order valence-corrected chi connectivity index (χ1v) is 8.24. The minimum Gasteiger partial charge on any atom is -0.452 e. The highest BCUT2D eigenvalue weighted by atomic mass is 35.5. The second-order valence-electron chi connectivity index (χ2n) is 4.78. The summed E-state index contributed by atoms with van der Waals surface area (Å²) in [6.45, 7) is 0. The van der Waals surface area contributed by atoms with Crippen molar-refractivity contribution in [1.29, 1.82) is 0 Å². The minimum atomic E-state index is -4.68. The molecule has 25 heavy (non-hydrogen) atoms. The summed E-state index contributed by atoms with van der Waals surface area (Å²) >= 11 is 29.8. The number of halogens is 8. The standard InChI is InChI=1S/C14H4Cl5F3N2O/c15-4-1-6(17)9(3-5(4)16)25-12-10(19)7(18)2-8-11(12)24-13(23-8)14(20,21)22/h1-3H,(H,23,24). The molecule has 0 spiro atoms. The number of benzene rings is 2. The second-order valence-corrected chi connectivity index (χ2v) is 6.79. The smallest absolute Gasteiger partial charge is 0.449 e. The zero-order valence-corrected chi connectivity index (χ0v) is 15.4. The first-order valence-electron chi connectivity index (χ1n) is 6.35. The van der Waals surface area contributed by atoms with Crippen molar-refractivity contribution in [2.24, 2.45) is 0 Å². The van der Waals surface area contributed by atoms with Gasteiger partial charge in [0, 0.05) is 6.07 Å². The number of imidazole rings is 1. The van der Waals surface area contributed by atoms with Crippen LogP contribution < -0.4 is 4.74 Å². The lowest BCUT2D eigenvalue weighted by Gasteiger charge is -2.11. The van der Waals surface area contributed by atoms with Crippen LogP contribution in [0.4, 0.5) is 13.2 Å². The van der Waals surface area contributed by atoms with Gasteiger partial charge in [-0.1, -0.05) is 58.0 Å². The second kappa shape index (κ2) is 6.59. The van der Waals surface area contributed by atoms with Crippen LogP contribution in [0, 0.1) is 0 Å². The number of alkyl halides is 3. The molecule has 0 amide bonds. The molecule has 2 aromatic carbocycles. The number of nitrogens with one attached hydrogen (secondary N) is 1. The van der Waals surface area contributed by atoms with Gasteiger partial charge in [-0.3, -0.25) is 0 Å². The van der Waals surface area contributed by atoms with Crippen molar-refractivity contribution in [3.8, 4) is 11.5 Å². The van der Waals surface area contributed by atoms with Gasteiger partial charge in [0.15, 0.2) is 5.75 Å². The molecule has 3 aromatic rings. The van der Waals surface area contributed by atoms with Gasteiger partial charge in [-0.25, -0.2) is 4.98 Å². The summed E-state index contributed by atoms with van der Waals surface area (Å²) in [4.78, 5) is 5.63. The average Bonchev–Trinajstić information content (AvgIpc) is 2.92. The topological polar surface area (TPSA) is 37.9 Å². The van der Waals surface area contributed by atoms with E-state index in [0.29, 0.717) is 0 Å². The van der Waals surface area contributed by atoms with Crippen molar-refractivity contribution >= 4 is 69.0 Å². The maximum atomic E-state index is 12.9. The van der Waals surface area contributed by atoms with E-state index in [2.05, 4.69) is 9.97 Å². The number of hydrogen-bond acceptors (Lipinski definition) is 2. The largest absolute Gasteiger partial charge is 0.452 e. The molecule has 132 valence electrons. The van der Waals surface area contributed by atoms with Crippen molar-refractivity contribution < 1.29 is 17.9 Å². The van der Waals surface area contributed by atoms with Gasteiger partial charge in [-0.2, -0.15) is 13.2 Å². The van der Waals surface area contributed by atoms with E-state index in [9.17, 15) is 13.2 Å². The van der Waals surface area contributed by atoms with Gasteiger partial charge < -0.3 is 9.72 Å². The molecule has 1 heterocycles. The SMILES string of the molecule is FC(F)(F)c1nc2c(Oc3cc(Cl)c(Cl)cc3Cl)c(Cl)c(Cl)cc2[nH]1. The van der Waals surface area contributed by atoms with E-state index in [1.54, 1.807) is 0 Å². The van der Waals surface area contributed by atoms with Gasteiger partial charge >= 0.3 is 6.18 Å². The highest BCUT2D eigenvalue weighted by Crippen LogP contribution is 2.44. The van der Waals surface area contributed by atoms with Crippen LogP contribution in [0.5, 0.6) is 11.5 Å². The van der Waals surface area contributed by atoms with Crippen LogP contribution in [0.2, 0.25) is 25.1 Å². The Hall–Kier alpha value is -1.05. The summed E-state index contributed by atoms with van der Waals surface area (Å²) in [6, 6.07) is 3.83. The summed E-state index contributed by atoms with van der Waals surface area (Å²) in [5.74, 6) is -1.39. The molecule has 0 saturated carbocycles. The van der Waals surface area contributed by atoms with E-state index in [4.69, 9.17) is 62.7 Å². The zero-order chi connectivity index (χ0) is 18.5. The van der Waals surface area contributed by atoms with Crippen LogP contribution in [-0.4, -0.2) is 9.97 Å². The average molecular weight is 450 g/mol. The summed E-state index contributed by atoms with van der Waals surface area (Å²) < 4.78 is 44.2. The molecule has 11 heteroatoms. The lowest BCUT2D eigenvalue weighted by atomic mass is 10.3. The monoisotopic (exact) mass is 448 g/mol. The van der Waals surface area contributed by atoms with Crippen molar-refractivity contribution in [2.75, 3.05) is 0 Å². The van der Waals surface area contributed by atoms with Gasteiger partial charge in [-0.15, -0.1) is 0 Å². The molecule has 0 unspecified atom stereocenters. The number of H-pyrrole nitrogens is 1. The third kappa shape index (κ3) is 3.59. The Morgan fingerprint density at radius 3 is 2.16 bits per heavy atom. The fourth-order valence-electron chi connectivity index (χ4n) is 1.99. The molecule has 0 radical (unpaired) electrons. The Bertz CT molecular complexity index is 987. The van der Waals surface area contributed by atoms with Gasteiger partial charge in [0.25, 0.3) is 0 Å². The van der Waals surface area contributed by atoms with Crippen LogP contribution in [-0.2, 0) is 6.18 Å². The van der Waals surface area contributed by atoms with Crippen LogP contribution in [0.1, 0.15) is 5.82 Å².